The number of esters is 1. The Morgan fingerprint density at radius 2 is 2.03 bits per heavy atom. The van der Waals surface area contributed by atoms with Crippen LogP contribution in [-0.2, 0) is 9.53 Å². The summed E-state index contributed by atoms with van der Waals surface area (Å²) >= 11 is 0. The van der Waals surface area contributed by atoms with E-state index in [0.717, 1.165) is 11.2 Å². The van der Waals surface area contributed by atoms with Gasteiger partial charge in [-0.3, -0.25) is 9.89 Å². The molecule has 3 aromatic rings. The molecule has 10 nitrogen and oxygen atoms in total. The van der Waals surface area contributed by atoms with Gasteiger partial charge < -0.3 is 19.9 Å². The molecular weight excluding hydrogens is 410 g/mol. The van der Waals surface area contributed by atoms with Crippen molar-refractivity contribution in [1.29, 1.82) is 0 Å². The highest BCUT2D eigenvalue weighted by molar-refractivity contribution is 5.97. The van der Waals surface area contributed by atoms with Gasteiger partial charge in [-0.1, -0.05) is 6.07 Å². The van der Waals surface area contributed by atoms with Crippen LogP contribution < -0.4 is 10.2 Å². The Morgan fingerprint density at radius 3 is 2.75 bits per heavy atom. The van der Waals surface area contributed by atoms with Gasteiger partial charge in [0.2, 0.25) is 5.91 Å². The molecule has 1 aliphatic heterocycles. The molecule has 2 aromatic heterocycles. The number of rotatable bonds is 6. The maximum atomic E-state index is 13.5. The summed E-state index contributed by atoms with van der Waals surface area (Å²) in [7, 11) is 5.28. The van der Waals surface area contributed by atoms with Gasteiger partial charge in [-0.25, -0.2) is 14.8 Å². The molecule has 1 amide bonds. The number of methoxy groups -OCH3 is 1. The Labute approximate surface area is 186 Å². The fraction of sp³-hybridized carbons (Fsp3) is 0.409. The van der Waals surface area contributed by atoms with Crippen molar-refractivity contribution in [2.75, 3.05) is 51.1 Å². The zero-order valence-electron chi connectivity index (χ0n) is 18.5. The van der Waals surface area contributed by atoms with Gasteiger partial charge in [0.15, 0.2) is 5.65 Å². The van der Waals surface area contributed by atoms with Crippen molar-refractivity contribution in [2.45, 2.75) is 12.8 Å². The van der Waals surface area contributed by atoms with Crippen LogP contribution in [0.2, 0.25) is 0 Å². The van der Waals surface area contributed by atoms with E-state index in [1.54, 1.807) is 30.5 Å². The van der Waals surface area contributed by atoms with Crippen LogP contribution in [0.5, 0.6) is 0 Å². The lowest BCUT2D eigenvalue weighted by Crippen LogP contribution is -2.51. The van der Waals surface area contributed by atoms with Gasteiger partial charge >= 0.3 is 5.97 Å². The topological polar surface area (TPSA) is 116 Å². The normalized spacial score (nSPS) is 15.7. The molecule has 0 atom stereocenters. The van der Waals surface area contributed by atoms with E-state index in [1.165, 1.54) is 13.4 Å². The van der Waals surface area contributed by atoms with Gasteiger partial charge in [-0.05, 0) is 45.1 Å². The molecule has 0 saturated carbocycles. The molecular formula is C22H27N7O3. The molecule has 1 aromatic carbocycles. The predicted octanol–water partition coefficient (Wildman–Crippen LogP) is 1.93. The molecule has 0 unspecified atom stereocenters. The highest BCUT2D eigenvalue weighted by atomic mass is 16.5. The summed E-state index contributed by atoms with van der Waals surface area (Å²) in [5.74, 6) is 0.338. The van der Waals surface area contributed by atoms with E-state index >= 15 is 0 Å². The fourth-order valence-corrected chi connectivity index (χ4v) is 4.32. The van der Waals surface area contributed by atoms with Crippen LogP contribution in [0.25, 0.3) is 11.0 Å². The summed E-state index contributed by atoms with van der Waals surface area (Å²) in [6, 6.07) is 6.81. The summed E-state index contributed by atoms with van der Waals surface area (Å²) < 4.78 is 4.78. The van der Waals surface area contributed by atoms with E-state index in [2.05, 4.69) is 30.4 Å². The molecule has 1 fully saturated rings. The van der Waals surface area contributed by atoms with Crippen molar-refractivity contribution in [3.63, 3.8) is 0 Å². The first-order valence-corrected chi connectivity index (χ1v) is 10.5. The van der Waals surface area contributed by atoms with Gasteiger partial charge in [-0.2, -0.15) is 5.10 Å². The minimum Gasteiger partial charge on any atom is -0.465 e. The molecule has 168 valence electrons. The number of fused-ring (bicyclic) bond motifs is 1. The number of amides is 1. The molecule has 1 saturated heterocycles. The molecule has 4 rings (SSSR count). The van der Waals surface area contributed by atoms with Crippen molar-refractivity contribution in [3.8, 4) is 0 Å². The van der Waals surface area contributed by atoms with Crippen LogP contribution in [0, 0.1) is 5.41 Å². The van der Waals surface area contributed by atoms with Crippen LogP contribution in [0.4, 0.5) is 11.5 Å². The average molecular weight is 438 g/mol. The van der Waals surface area contributed by atoms with E-state index in [0.29, 0.717) is 49.4 Å². The Morgan fingerprint density at radius 1 is 1.25 bits per heavy atom. The van der Waals surface area contributed by atoms with Crippen LogP contribution in [0.15, 0.2) is 36.8 Å². The van der Waals surface area contributed by atoms with E-state index in [1.807, 2.05) is 19.0 Å². The Balaban J connectivity index is 1.53. The number of nitrogens with zero attached hydrogens (tertiary/aromatic N) is 5. The second-order valence-corrected chi connectivity index (χ2v) is 8.36. The summed E-state index contributed by atoms with van der Waals surface area (Å²) in [6.45, 7) is 1.98. The molecule has 32 heavy (non-hydrogen) atoms. The number of nitrogens with one attached hydrogen (secondary N) is 2. The number of aromatic amines is 1. The zero-order chi connectivity index (χ0) is 22.7. The predicted molar refractivity (Wildman–Crippen MR) is 121 cm³/mol. The minimum absolute atomic E-state index is 0.0518. The first kappa shape index (κ1) is 21.7. The maximum absolute atomic E-state index is 13.5. The molecule has 1 aliphatic rings. The van der Waals surface area contributed by atoms with E-state index in [4.69, 9.17) is 4.74 Å². The van der Waals surface area contributed by atoms with Crippen molar-refractivity contribution in [1.82, 2.24) is 25.1 Å². The number of H-pyrrole nitrogens is 1. The number of hydrogen-bond acceptors (Lipinski definition) is 8. The Kier molecular flexibility index (Phi) is 6.04. The summed E-state index contributed by atoms with van der Waals surface area (Å²) in [4.78, 5) is 38.2. The number of carbonyl (C=O) groups excluding carboxylic acids is 2. The quantitative estimate of drug-likeness (QED) is 0.562. The maximum Gasteiger partial charge on any atom is 0.337 e. The second-order valence-electron chi connectivity index (χ2n) is 8.36. The van der Waals surface area contributed by atoms with Gasteiger partial charge in [-0.15, -0.1) is 0 Å². The highest BCUT2D eigenvalue weighted by Gasteiger charge is 2.42. The molecule has 2 N–H and O–H groups in total. The summed E-state index contributed by atoms with van der Waals surface area (Å²) in [5, 5.41) is 10.8. The average Bonchev–Trinajstić information content (AvgIpc) is 3.28. The first-order chi connectivity index (χ1) is 15.4. The Hall–Kier alpha value is -3.53. The van der Waals surface area contributed by atoms with Gasteiger partial charge in [0.1, 0.15) is 12.1 Å². The number of carbonyl (C=O) groups is 2. The fourth-order valence-electron chi connectivity index (χ4n) is 4.32. The Bertz CT molecular complexity index is 1120. The molecule has 0 bridgehead atoms. The number of ether oxygens (including phenoxy) is 1. The third kappa shape index (κ3) is 4.26. The number of aromatic nitrogens is 4. The molecule has 0 aliphatic carbocycles. The van der Waals surface area contributed by atoms with Crippen molar-refractivity contribution in [2.24, 2.45) is 5.41 Å². The third-order valence-electron chi connectivity index (χ3n) is 5.89. The number of anilines is 2. The van der Waals surface area contributed by atoms with Gasteiger partial charge in [0.05, 0.1) is 29.7 Å². The van der Waals surface area contributed by atoms with E-state index in [9.17, 15) is 9.59 Å². The lowest BCUT2D eigenvalue weighted by Gasteiger charge is -2.42. The van der Waals surface area contributed by atoms with Crippen LogP contribution in [0.1, 0.15) is 23.2 Å². The first-order valence-electron chi connectivity index (χ1n) is 10.5. The lowest BCUT2D eigenvalue weighted by molar-refractivity contribution is -0.127. The van der Waals surface area contributed by atoms with E-state index < -0.39 is 11.4 Å². The van der Waals surface area contributed by atoms with Gasteiger partial charge in [0.25, 0.3) is 0 Å². The molecule has 10 heteroatoms. The third-order valence-corrected chi connectivity index (χ3v) is 5.89. The number of piperidine rings is 1. The smallest absolute Gasteiger partial charge is 0.337 e. The monoisotopic (exact) mass is 437 g/mol. The number of benzene rings is 1. The second kappa shape index (κ2) is 8.91. The van der Waals surface area contributed by atoms with Crippen molar-refractivity contribution < 1.29 is 14.3 Å². The van der Waals surface area contributed by atoms with Crippen molar-refractivity contribution >= 4 is 34.4 Å². The highest BCUT2D eigenvalue weighted by Crippen LogP contribution is 2.36. The molecule has 0 radical (unpaired) electrons. The standard InChI is InChI=1S/C22H27N7O3/c1-28(2)13-22(21(31)26-16-6-4-5-15(11-16)20(30)32-3)7-9-29(10-8-22)19-17-12-25-27-18(17)23-14-24-19/h4-6,11-12,14H,7-10,13H2,1-3H3,(H,26,31)(H,23,24,25,27). The minimum atomic E-state index is -0.566. The molecule has 0 spiro atoms. The lowest BCUT2D eigenvalue weighted by atomic mass is 9.76. The number of hydrogen-bond donors (Lipinski definition) is 2. The largest absolute Gasteiger partial charge is 0.465 e. The summed E-state index contributed by atoms with van der Waals surface area (Å²) in [6.07, 6.45) is 4.58. The van der Waals surface area contributed by atoms with E-state index in [-0.39, 0.29) is 5.91 Å². The van der Waals surface area contributed by atoms with Gasteiger partial charge in [0, 0.05) is 25.3 Å². The van der Waals surface area contributed by atoms with Crippen molar-refractivity contribution in [3.05, 3.63) is 42.4 Å². The summed E-state index contributed by atoms with van der Waals surface area (Å²) in [5.41, 5.74) is 1.11. The van der Waals surface area contributed by atoms with Crippen LogP contribution >= 0.6 is 0 Å². The van der Waals surface area contributed by atoms with Crippen LogP contribution in [-0.4, -0.2) is 77.8 Å². The molecule has 3 heterocycles. The zero-order valence-corrected chi connectivity index (χ0v) is 18.5. The van der Waals surface area contributed by atoms with Crippen LogP contribution in [0.3, 0.4) is 0 Å². The SMILES string of the molecule is COC(=O)c1cccc(NC(=O)C2(CN(C)C)CCN(c3ncnc4[nH]ncc34)CC2)c1.